The lowest BCUT2D eigenvalue weighted by Gasteiger charge is -2.14. The van der Waals surface area contributed by atoms with E-state index in [1.54, 1.807) is 23.8 Å². The van der Waals surface area contributed by atoms with Crippen LogP contribution in [0.5, 0.6) is 0 Å². The van der Waals surface area contributed by atoms with Gasteiger partial charge in [-0.1, -0.05) is 0 Å². The van der Waals surface area contributed by atoms with Crippen molar-refractivity contribution in [2.75, 3.05) is 30.2 Å². The number of hydrogen-bond donors (Lipinski definition) is 5. The van der Waals surface area contributed by atoms with Crippen LogP contribution in [-0.2, 0) is 20.6 Å². The van der Waals surface area contributed by atoms with Gasteiger partial charge in [-0.3, -0.25) is 9.13 Å². The van der Waals surface area contributed by atoms with Gasteiger partial charge in [0.1, 0.15) is 35.7 Å². The van der Waals surface area contributed by atoms with E-state index in [1.165, 1.54) is 29.0 Å². The number of nitrogens with zero attached hydrogens (tertiary/aromatic N) is 6. The topological polar surface area (TPSA) is 227 Å². The first-order valence-corrected chi connectivity index (χ1v) is 12.7. The average molecular weight is 516 g/mol. The standard InChI is InChI=1S/C9H14N5O4P.C8H11N3O3S/c1-6(18-5-19(15,16)17)2-14-4-13-7-8(10)11-3-12-9(7)14;9-5-1-2-11(8(13)10-5)6-4-15-7(3-12)14-6/h3-4,6H,2,5H2,1H3,(H2,10,11,12)(H2,15,16,17);1-2,6-7,12H,3-4H2,(H2,9,10,13)/t6-;6-,7+/m10/s1. The molecule has 1 aliphatic rings. The highest BCUT2D eigenvalue weighted by Gasteiger charge is 2.27. The Kier molecular flexibility index (Phi) is 8.59. The number of aliphatic hydroxyl groups is 1. The molecule has 3 atom stereocenters. The summed E-state index contributed by atoms with van der Waals surface area (Å²) in [5.74, 6) is 1.10. The van der Waals surface area contributed by atoms with Crippen LogP contribution in [0.25, 0.3) is 11.2 Å². The summed E-state index contributed by atoms with van der Waals surface area (Å²) in [6.45, 7) is 2.00. The summed E-state index contributed by atoms with van der Waals surface area (Å²) < 4.78 is 24.3. The van der Waals surface area contributed by atoms with Crippen LogP contribution in [0.4, 0.5) is 11.6 Å². The maximum atomic E-state index is 11.4. The Balaban J connectivity index is 0.000000196. The van der Waals surface area contributed by atoms with Gasteiger partial charge in [0.2, 0.25) is 0 Å². The number of aliphatic hydroxyl groups excluding tert-OH is 1. The fraction of sp³-hybridized carbons (Fsp3) is 0.471. The Morgan fingerprint density at radius 3 is 2.76 bits per heavy atom. The van der Waals surface area contributed by atoms with Crippen molar-refractivity contribution < 1.29 is 28.9 Å². The Morgan fingerprint density at radius 1 is 1.35 bits per heavy atom. The molecule has 0 bridgehead atoms. The quantitative estimate of drug-likeness (QED) is 0.246. The number of anilines is 2. The molecular weight excluding hydrogens is 491 g/mol. The van der Waals surface area contributed by atoms with Crippen molar-refractivity contribution >= 4 is 42.2 Å². The molecule has 17 heteroatoms. The lowest BCUT2D eigenvalue weighted by Crippen LogP contribution is -2.28. The summed E-state index contributed by atoms with van der Waals surface area (Å²) in [7, 11) is -4.16. The fourth-order valence-corrected chi connectivity index (χ4v) is 4.30. The molecule has 7 N–H and O–H groups in total. The van der Waals surface area contributed by atoms with Crippen molar-refractivity contribution in [1.82, 2.24) is 29.1 Å². The molecule has 0 spiro atoms. The van der Waals surface area contributed by atoms with Gasteiger partial charge in [-0.05, 0) is 13.0 Å². The summed E-state index contributed by atoms with van der Waals surface area (Å²) in [4.78, 5) is 44.5. The highest BCUT2D eigenvalue weighted by molar-refractivity contribution is 8.00. The molecule has 15 nitrogen and oxygen atoms in total. The van der Waals surface area contributed by atoms with Crippen LogP contribution < -0.4 is 17.2 Å². The van der Waals surface area contributed by atoms with E-state index in [1.807, 2.05) is 0 Å². The van der Waals surface area contributed by atoms with Gasteiger partial charge < -0.3 is 40.4 Å². The molecule has 0 aromatic carbocycles. The normalized spacial score (nSPS) is 19.1. The van der Waals surface area contributed by atoms with Gasteiger partial charge in [0.05, 0.1) is 25.6 Å². The van der Waals surface area contributed by atoms with E-state index in [-0.39, 0.29) is 29.9 Å². The summed E-state index contributed by atoms with van der Waals surface area (Å²) in [6.07, 6.45) is 3.03. The third-order valence-corrected chi connectivity index (χ3v) is 6.05. The molecule has 3 aromatic heterocycles. The summed E-state index contributed by atoms with van der Waals surface area (Å²) in [5.41, 5.74) is 11.4. The number of nitrogens with two attached hydrogens (primary N) is 2. The zero-order valence-corrected chi connectivity index (χ0v) is 19.7. The first-order chi connectivity index (χ1) is 16.1. The molecule has 1 fully saturated rings. The van der Waals surface area contributed by atoms with Gasteiger partial charge in [0.25, 0.3) is 0 Å². The molecule has 0 unspecified atom stereocenters. The van der Waals surface area contributed by atoms with E-state index in [0.717, 1.165) is 0 Å². The van der Waals surface area contributed by atoms with Crippen molar-refractivity contribution in [1.29, 1.82) is 0 Å². The minimum Gasteiger partial charge on any atom is -0.393 e. The molecule has 1 aliphatic heterocycles. The van der Waals surface area contributed by atoms with E-state index >= 15 is 0 Å². The minimum atomic E-state index is -4.16. The molecule has 0 amide bonds. The van der Waals surface area contributed by atoms with Crippen molar-refractivity contribution in [3.8, 4) is 0 Å². The van der Waals surface area contributed by atoms with Crippen LogP contribution >= 0.6 is 19.4 Å². The summed E-state index contributed by atoms with van der Waals surface area (Å²) in [6, 6.07) is 1.54. The predicted molar refractivity (Wildman–Crippen MR) is 124 cm³/mol. The second kappa shape index (κ2) is 11.2. The van der Waals surface area contributed by atoms with Crippen LogP contribution in [-0.4, -0.2) is 74.2 Å². The number of thioether (sulfide) groups is 1. The molecule has 0 saturated carbocycles. The van der Waals surface area contributed by atoms with E-state index in [2.05, 4.69) is 19.9 Å². The second-order valence-corrected chi connectivity index (χ2v) is 9.96. The number of ether oxygens (including phenoxy) is 2. The van der Waals surface area contributed by atoms with Crippen LogP contribution in [0, 0.1) is 0 Å². The van der Waals surface area contributed by atoms with E-state index < -0.39 is 25.7 Å². The fourth-order valence-electron chi connectivity index (χ4n) is 2.92. The first kappa shape index (κ1) is 26.0. The molecule has 1 saturated heterocycles. The van der Waals surface area contributed by atoms with Gasteiger partial charge >= 0.3 is 13.3 Å². The molecule has 34 heavy (non-hydrogen) atoms. The second-order valence-electron chi connectivity index (χ2n) is 7.18. The van der Waals surface area contributed by atoms with Gasteiger partial charge in [-0.2, -0.15) is 4.98 Å². The van der Waals surface area contributed by atoms with Crippen LogP contribution in [0.1, 0.15) is 13.2 Å². The first-order valence-electron chi connectivity index (χ1n) is 9.87. The molecule has 186 valence electrons. The predicted octanol–water partition coefficient (Wildman–Crippen LogP) is -0.645. The Hall–Kier alpha value is -2.59. The van der Waals surface area contributed by atoms with Gasteiger partial charge in [0.15, 0.2) is 11.5 Å². The summed E-state index contributed by atoms with van der Waals surface area (Å²) >= 11 is 1.47. The molecule has 4 heterocycles. The smallest absolute Gasteiger partial charge is 0.351 e. The van der Waals surface area contributed by atoms with Gasteiger partial charge in [0, 0.05) is 11.9 Å². The zero-order chi connectivity index (χ0) is 24.9. The molecule has 0 radical (unpaired) electrons. The van der Waals surface area contributed by atoms with Crippen LogP contribution in [0.3, 0.4) is 0 Å². The Bertz CT molecular complexity index is 1220. The zero-order valence-electron chi connectivity index (χ0n) is 18.0. The minimum absolute atomic E-state index is 0.0572. The SMILES string of the molecule is C[C@H](Cn1cnc2c(N)ncnc21)OCP(=O)(O)O.Nc1ccn([C@@H]2CS[C@H](CO)O2)c(=O)n1. The lowest BCUT2D eigenvalue weighted by atomic mass is 10.4. The van der Waals surface area contributed by atoms with Crippen molar-refractivity contribution in [2.24, 2.45) is 0 Å². The number of nitrogen functional groups attached to an aromatic ring is 2. The van der Waals surface area contributed by atoms with E-state index in [9.17, 15) is 9.36 Å². The van der Waals surface area contributed by atoms with Gasteiger partial charge in [-0.15, -0.1) is 11.8 Å². The van der Waals surface area contributed by atoms with Crippen LogP contribution in [0.15, 0.2) is 29.7 Å². The number of fused-ring (bicyclic) bond motifs is 1. The summed E-state index contributed by atoms with van der Waals surface area (Å²) in [5, 5.41) is 8.88. The number of imidazole rings is 1. The number of aromatic nitrogens is 6. The Morgan fingerprint density at radius 2 is 2.12 bits per heavy atom. The maximum absolute atomic E-state index is 11.4. The van der Waals surface area contributed by atoms with E-state index in [4.69, 9.17) is 35.8 Å². The maximum Gasteiger partial charge on any atom is 0.351 e. The number of rotatable bonds is 7. The highest BCUT2D eigenvalue weighted by atomic mass is 32.2. The average Bonchev–Trinajstić information content (AvgIpc) is 3.41. The third kappa shape index (κ3) is 6.96. The molecule has 3 aromatic rings. The Labute approximate surface area is 197 Å². The molecular formula is C17H25N8O7PS. The monoisotopic (exact) mass is 516 g/mol. The van der Waals surface area contributed by atoms with Gasteiger partial charge in [-0.25, -0.2) is 19.7 Å². The van der Waals surface area contributed by atoms with E-state index in [0.29, 0.717) is 23.5 Å². The molecule has 0 aliphatic carbocycles. The highest BCUT2D eigenvalue weighted by Crippen LogP contribution is 2.34. The van der Waals surface area contributed by atoms with Crippen molar-refractivity contribution in [3.05, 3.63) is 35.4 Å². The van der Waals surface area contributed by atoms with Crippen molar-refractivity contribution in [3.63, 3.8) is 0 Å². The molecule has 4 rings (SSSR count). The van der Waals surface area contributed by atoms with Crippen molar-refractivity contribution in [2.45, 2.75) is 31.2 Å². The lowest BCUT2D eigenvalue weighted by molar-refractivity contribution is -0.00629. The van der Waals surface area contributed by atoms with Crippen LogP contribution in [0.2, 0.25) is 0 Å². The largest absolute Gasteiger partial charge is 0.393 e. The number of hydrogen-bond acceptors (Lipinski definition) is 12. The third-order valence-electron chi connectivity index (χ3n) is 4.45.